The second kappa shape index (κ2) is 4.61. The fourth-order valence-electron chi connectivity index (χ4n) is 1.48. The topological polar surface area (TPSA) is 61.0 Å². The zero-order chi connectivity index (χ0) is 12.3. The van der Waals surface area contributed by atoms with Gasteiger partial charge < -0.3 is 10.1 Å². The molecule has 0 saturated carbocycles. The number of hydrogen-bond acceptors (Lipinski definition) is 3. The van der Waals surface area contributed by atoms with E-state index >= 15 is 0 Å². The van der Waals surface area contributed by atoms with Crippen LogP contribution in [0.3, 0.4) is 0 Å². The largest absolute Gasteiger partial charge is 0.434 e. The van der Waals surface area contributed by atoms with Gasteiger partial charge in [0, 0.05) is 0 Å². The van der Waals surface area contributed by atoms with Crippen LogP contribution in [0.1, 0.15) is 11.3 Å². The normalized spacial score (nSPS) is 10.9. The van der Waals surface area contributed by atoms with Crippen molar-refractivity contribution in [1.82, 2.24) is 9.55 Å². The summed E-state index contributed by atoms with van der Waals surface area (Å²) in [6.45, 7) is 0. The highest BCUT2D eigenvalue weighted by Gasteiger charge is 2.14. The number of benzene rings is 1. The van der Waals surface area contributed by atoms with Crippen LogP contribution in [-0.2, 0) is 7.05 Å². The maximum Gasteiger partial charge on any atom is 0.434 e. The van der Waals surface area contributed by atoms with Crippen LogP contribution in [0.2, 0.25) is 0 Å². The Morgan fingerprint density at radius 1 is 1.29 bits per heavy atom. The molecule has 0 aliphatic heterocycles. The number of nitro groups is 1. The molecule has 0 amide bonds. The number of nitrogens with zero attached hydrogens (tertiary/aromatic N) is 3. The summed E-state index contributed by atoms with van der Waals surface area (Å²) in [7, 11) is 1.62. The Labute approximate surface area is 98.2 Å². The van der Waals surface area contributed by atoms with E-state index in [2.05, 4.69) is 4.98 Å². The number of imidazole rings is 1. The van der Waals surface area contributed by atoms with Gasteiger partial charge in [-0.1, -0.05) is 41.4 Å². The van der Waals surface area contributed by atoms with E-state index in [4.69, 9.17) is 0 Å². The molecule has 0 saturated heterocycles. The van der Waals surface area contributed by atoms with E-state index < -0.39 is 4.92 Å². The average Bonchev–Trinajstić information content (AvgIpc) is 2.69. The zero-order valence-corrected chi connectivity index (χ0v) is 9.28. The van der Waals surface area contributed by atoms with Crippen molar-refractivity contribution in [1.29, 1.82) is 0 Å². The summed E-state index contributed by atoms with van der Waals surface area (Å²) in [6.07, 6.45) is 5.17. The molecule has 0 aliphatic carbocycles. The molecule has 1 aromatic heterocycles. The molecule has 86 valence electrons. The lowest BCUT2D eigenvalue weighted by Gasteiger charge is -1.95. The van der Waals surface area contributed by atoms with Crippen LogP contribution in [0.4, 0.5) is 5.95 Å². The second-order valence-electron chi connectivity index (χ2n) is 3.54. The number of hydrogen-bond donors (Lipinski definition) is 0. The summed E-state index contributed by atoms with van der Waals surface area (Å²) in [6, 6.07) is 9.73. The van der Waals surface area contributed by atoms with Crippen LogP contribution in [0, 0.1) is 10.1 Å². The van der Waals surface area contributed by atoms with Gasteiger partial charge in [-0.3, -0.25) is 0 Å². The van der Waals surface area contributed by atoms with Crippen molar-refractivity contribution in [3.8, 4) is 0 Å². The summed E-state index contributed by atoms with van der Waals surface area (Å²) >= 11 is 0. The first kappa shape index (κ1) is 11.1. The zero-order valence-electron chi connectivity index (χ0n) is 9.28. The standard InChI is InChI=1S/C12H11N3O2/c1-14-11(9-13-12(14)15(16)17)8-7-10-5-3-2-4-6-10/h2-9H,1H3. The van der Waals surface area contributed by atoms with Crippen molar-refractivity contribution in [2.75, 3.05) is 0 Å². The maximum absolute atomic E-state index is 10.6. The van der Waals surface area contributed by atoms with E-state index in [1.54, 1.807) is 13.1 Å². The molecule has 5 heteroatoms. The van der Waals surface area contributed by atoms with Crippen molar-refractivity contribution in [2.45, 2.75) is 0 Å². The summed E-state index contributed by atoms with van der Waals surface area (Å²) in [4.78, 5) is 13.8. The first-order chi connectivity index (χ1) is 8.18. The van der Waals surface area contributed by atoms with Gasteiger partial charge in [-0.15, -0.1) is 0 Å². The third-order valence-electron chi connectivity index (χ3n) is 2.41. The van der Waals surface area contributed by atoms with Gasteiger partial charge in [-0.05, 0) is 16.6 Å². The minimum atomic E-state index is -0.500. The highest BCUT2D eigenvalue weighted by molar-refractivity contribution is 5.68. The maximum atomic E-state index is 10.6. The monoisotopic (exact) mass is 229 g/mol. The smallest absolute Gasteiger partial charge is 0.390 e. The molecule has 1 aromatic carbocycles. The molecule has 0 atom stereocenters. The summed E-state index contributed by atoms with van der Waals surface area (Å²) in [5.41, 5.74) is 1.73. The van der Waals surface area contributed by atoms with Crippen molar-refractivity contribution in [2.24, 2.45) is 7.05 Å². The first-order valence-corrected chi connectivity index (χ1v) is 5.08. The molecule has 1 heterocycles. The summed E-state index contributed by atoms with van der Waals surface area (Å²) < 4.78 is 1.44. The van der Waals surface area contributed by atoms with Crippen molar-refractivity contribution in [3.05, 3.63) is 57.9 Å². The van der Waals surface area contributed by atoms with Crippen LogP contribution >= 0.6 is 0 Å². The lowest BCUT2D eigenvalue weighted by atomic mass is 10.2. The Kier molecular flexibility index (Phi) is 3.00. The molecule has 17 heavy (non-hydrogen) atoms. The third kappa shape index (κ3) is 2.39. The van der Waals surface area contributed by atoms with Gasteiger partial charge in [0.2, 0.25) is 0 Å². The minimum Gasteiger partial charge on any atom is -0.390 e. The Morgan fingerprint density at radius 2 is 2.00 bits per heavy atom. The van der Waals surface area contributed by atoms with E-state index in [0.29, 0.717) is 5.69 Å². The minimum absolute atomic E-state index is 0.155. The Morgan fingerprint density at radius 3 is 2.59 bits per heavy atom. The first-order valence-electron chi connectivity index (χ1n) is 5.08. The second-order valence-corrected chi connectivity index (χ2v) is 3.54. The fourth-order valence-corrected chi connectivity index (χ4v) is 1.48. The van der Waals surface area contributed by atoms with Crippen LogP contribution in [0.5, 0.6) is 0 Å². The highest BCUT2D eigenvalue weighted by atomic mass is 16.6. The van der Waals surface area contributed by atoms with Crippen molar-refractivity contribution >= 4 is 18.1 Å². The number of rotatable bonds is 3. The summed E-state index contributed by atoms with van der Waals surface area (Å²) in [5.74, 6) is -0.155. The SMILES string of the molecule is Cn1c(C=Cc2ccccc2)cnc1[N+](=O)[O-]. The van der Waals surface area contributed by atoms with Gasteiger partial charge in [0.05, 0.1) is 7.05 Å². The fraction of sp³-hybridized carbons (Fsp3) is 0.0833. The predicted octanol–water partition coefficient (Wildman–Crippen LogP) is 2.50. The van der Waals surface area contributed by atoms with Gasteiger partial charge in [-0.25, -0.2) is 4.57 Å². The van der Waals surface area contributed by atoms with Gasteiger partial charge in [0.15, 0.2) is 0 Å². The molecule has 0 fully saturated rings. The highest BCUT2D eigenvalue weighted by Crippen LogP contribution is 2.13. The van der Waals surface area contributed by atoms with E-state index in [9.17, 15) is 10.1 Å². The van der Waals surface area contributed by atoms with Crippen LogP contribution < -0.4 is 0 Å². The number of aromatic nitrogens is 2. The van der Waals surface area contributed by atoms with E-state index in [0.717, 1.165) is 5.56 Å². The van der Waals surface area contributed by atoms with E-state index in [1.165, 1.54) is 10.8 Å². The molecule has 0 spiro atoms. The molecule has 5 nitrogen and oxygen atoms in total. The van der Waals surface area contributed by atoms with Crippen molar-refractivity contribution in [3.63, 3.8) is 0 Å². The van der Waals surface area contributed by atoms with Crippen LogP contribution in [0.25, 0.3) is 12.2 Å². The molecule has 0 aliphatic rings. The third-order valence-corrected chi connectivity index (χ3v) is 2.41. The van der Waals surface area contributed by atoms with Crippen LogP contribution in [-0.4, -0.2) is 14.5 Å². The van der Waals surface area contributed by atoms with Gasteiger partial charge in [0.25, 0.3) is 0 Å². The molecule has 0 bridgehead atoms. The van der Waals surface area contributed by atoms with Gasteiger partial charge in [0.1, 0.15) is 11.9 Å². The Bertz CT molecular complexity index is 558. The molecular formula is C12H11N3O2. The van der Waals surface area contributed by atoms with Gasteiger partial charge in [-0.2, -0.15) is 0 Å². The van der Waals surface area contributed by atoms with Crippen LogP contribution in [0.15, 0.2) is 36.5 Å². The molecule has 0 N–H and O–H groups in total. The summed E-state index contributed by atoms with van der Waals surface area (Å²) in [5, 5.41) is 10.6. The molecule has 2 aromatic rings. The lowest BCUT2D eigenvalue weighted by Crippen LogP contribution is -1.99. The predicted molar refractivity (Wildman–Crippen MR) is 65.2 cm³/mol. The molecule has 0 unspecified atom stereocenters. The lowest BCUT2D eigenvalue weighted by molar-refractivity contribution is -0.396. The Hall–Kier alpha value is -2.43. The van der Waals surface area contributed by atoms with Crippen molar-refractivity contribution < 1.29 is 4.92 Å². The van der Waals surface area contributed by atoms with E-state index in [1.807, 2.05) is 36.4 Å². The average molecular weight is 229 g/mol. The molecule has 0 radical (unpaired) electrons. The molecular weight excluding hydrogens is 218 g/mol. The van der Waals surface area contributed by atoms with E-state index in [-0.39, 0.29) is 5.95 Å². The Balaban J connectivity index is 2.25. The quantitative estimate of drug-likeness (QED) is 0.600. The van der Waals surface area contributed by atoms with Gasteiger partial charge >= 0.3 is 5.95 Å². The molecule has 2 rings (SSSR count).